The molecule has 1 heterocycles. The first-order valence-corrected chi connectivity index (χ1v) is 9.93. The molecule has 0 unspecified atom stereocenters. The molecule has 1 saturated heterocycles. The van der Waals surface area contributed by atoms with Crippen molar-refractivity contribution in [2.75, 3.05) is 58.3 Å². The molecule has 0 amide bonds. The van der Waals surface area contributed by atoms with Crippen LogP contribution >= 0.6 is 0 Å². The molecular weight excluding hydrogens is 369 g/mol. The van der Waals surface area contributed by atoms with Gasteiger partial charge in [0.2, 0.25) is 0 Å². The maximum absolute atomic E-state index is 13.1. The van der Waals surface area contributed by atoms with Crippen LogP contribution < -0.4 is 15.4 Å². The highest BCUT2D eigenvalue weighted by atomic mass is 19.1. The van der Waals surface area contributed by atoms with Gasteiger partial charge in [-0.25, -0.2) is 9.38 Å². The highest BCUT2D eigenvalue weighted by Gasteiger charge is 2.18. The van der Waals surface area contributed by atoms with Crippen molar-refractivity contribution in [1.82, 2.24) is 9.80 Å². The second-order valence-corrected chi connectivity index (χ2v) is 7.42. The van der Waals surface area contributed by atoms with Crippen molar-refractivity contribution in [2.24, 2.45) is 10.7 Å². The van der Waals surface area contributed by atoms with Gasteiger partial charge in [-0.3, -0.25) is 0 Å². The summed E-state index contributed by atoms with van der Waals surface area (Å²) in [7, 11) is 4.05. The van der Waals surface area contributed by atoms with Crippen LogP contribution in [0.5, 0.6) is 5.75 Å². The second kappa shape index (κ2) is 10.1. The van der Waals surface area contributed by atoms with E-state index in [-0.39, 0.29) is 5.82 Å². The van der Waals surface area contributed by atoms with Crippen LogP contribution in [-0.4, -0.2) is 69.2 Å². The van der Waals surface area contributed by atoms with Crippen molar-refractivity contribution in [1.29, 1.82) is 0 Å². The third-order valence-corrected chi connectivity index (χ3v) is 4.92. The number of halogens is 1. The number of nitrogens with zero attached hydrogens (tertiary/aromatic N) is 4. The van der Waals surface area contributed by atoms with Crippen molar-refractivity contribution >= 4 is 11.6 Å². The van der Waals surface area contributed by atoms with Gasteiger partial charge in [0.1, 0.15) is 18.2 Å². The van der Waals surface area contributed by atoms with Gasteiger partial charge in [-0.05, 0) is 56.1 Å². The summed E-state index contributed by atoms with van der Waals surface area (Å²) in [6, 6.07) is 14.6. The first-order valence-electron chi connectivity index (χ1n) is 9.93. The summed E-state index contributed by atoms with van der Waals surface area (Å²) < 4.78 is 18.9. The summed E-state index contributed by atoms with van der Waals surface area (Å²) in [6.45, 7) is 5.29. The minimum atomic E-state index is -0.212. The average molecular weight is 400 g/mol. The van der Waals surface area contributed by atoms with Crippen LogP contribution in [0.3, 0.4) is 0 Å². The summed E-state index contributed by atoms with van der Waals surface area (Å²) in [5, 5.41) is 0. The number of hydrogen-bond acceptors (Lipinski definition) is 4. The minimum absolute atomic E-state index is 0.212. The minimum Gasteiger partial charge on any atom is -0.492 e. The summed E-state index contributed by atoms with van der Waals surface area (Å²) in [6.07, 6.45) is 0. The van der Waals surface area contributed by atoms with E-state index in [1.54, 1.807) is 0 Å². The third-order valence-electron chi connectivity index (χ3n) is 4.92. The predicted octanol–water partition coefficient (Wildman–Crippen LogP) is 2.40. The van der Waals surface area contributed by atoms with Gasteiger partial charge in [0.25, 0.3) is 0 Å². The Morgan fingerprint density at radius 3 is 2.52 bits per heavy atom. The molecule has 0 saturated carbocycles. The van der Waals surface area contributed by atoms with Crippen molar-refractivity contribution < 1.29 is 9.13 Å². The van der Waals surface area contributed by atoms with E-state index in [0.29, 0.717) is 19.1 Å². The molecule has 1 fully saturated rings. The second-order valence-electron chi connectivity index (χ2n) is 7.42. The molecule has 7 heteroatoms. The van der Waals surface area contributed by atoms with Gasteiger partial charge in [0.05, 0.1) is 6.54 Å². The molecule has 0 bridgehead atoms. The Balaban J connectivity index is 1.49. The Hall–Kier alpha value is -2.80. The Labute approximate surface area is 172 Å². The number of anilines is 1. The third kappa shape index (κ3) is 6.35. The van der Waals surface area contributed by atoms with E-state index in [4.69, 9.17) is 10.5 Å². The molecule has 0 aromatic heterocycles. The van der Waals surface area contributed by atoms with E-state index in [2.05, 4.69) is 19.7 Å². The van der Waals surface area contributed by atoms with Crippen LogP contribution in [0.15, 0.2) is 53.5 Å². The van der Waals surface area contributed by atoms with Gasteiger partial charge in [-0.15, -0.1) is 0 Å². The Morgan fingerprint density at radius 2 is 1.83 bits per heavy atom. The number of benzene rings is 2. The lowest BCUT2D eigenvalue weighted by Gasteiger charge is -2.36. The topological polar surface area (TPSA) is 57.3 Å². The molecule has 0 spiro atoms. The molecule has 1 aliphatic rings. The van der Waals surface area contributed by atoms with Crippen LogP contribution in [-0.2, 0) is 6.54 Å². The van der Waals surface area contributed by atoms with Gasteiger partial charge in [-0.1, -0.05) is 12.1 Å². The molecule has 6 nitrogen and oxygen atoms in total. The van der Waals surface area contributed by atoms with Crippen LogP contribution in [0.1, 0.15) is 5.56 Å². The number of likely N-dealkylation sites (N-methyl/N-ethyl adjacent to an activating group) is 1. The fourth-order valence-corrected chi connectivity index (χ4v) is 3.20. The normalized spacial score (nSPS) is 15.1. The maximum Gasteiger partial charge on any atom is 0.191 e. The first kappa shape index (κ1) is 20.9. The summed E-state index contributed by atoms with van der Waals surface area (Å²) in [5.41, 5.74) is 8.33. The van der Waals surface area contributed by atoms with Crippen LogP contribution in [0.4, 0.5) is 10.1 Å². The maximum atomic E-state index is 13.1. The summed E-state index contributed by atoms with van der Waals surface area (Å²) in [4.78, 5) is 11.0. The van der Waals surface area contributed by atoms with E-state index in [1.807, 2.05) is 50.5 Å². The molecular formula is C22H30FN5O. The molecule has 2 N–H and O–H groups in total. The molecule has 0 atom stereocenters. The number of guanidine groups is 1. The van der Waals surface area contributed by atoms with Crippen LogP contribution in [0.25, 0.3) is 0 Å². The van der Waals surface area contributed by atoms with Gasteiger partial charge in [0, 0.05) is 38.4 Å². The van der Waals surface area contributed by atoms with Gasteiger partial charge in [0.15, 0.2) is 5.96 Å². The van der Waals surface area contributed by atoms with E-state index < -0.39 is 0 Å². The lowest BCUT2D eigenvalue weighted by Crippen LogP contribution is -2.51. The fraction of sp³-hybridized carbons (Fsp3) is 0.409. The number of piperazine rings is 1. The van der Waals surface area contributed by atoms with Crippen LogP contribution in [0, 0.1) is 5.82 Å². The predicted molar refractivity (Wildman–Crippen MR) is 116 cm³/mol. The largest absolute Gasteiger partial charge is 0.492 e. The summed E-state index contributed by atoms with van der Waals surface area (Å²) in [5.74, 6) is 1.20. The monoisotopic (exact) mass is 399 g/mol. The molecule has 2 aromatic rings. The molecule has 3 rings (SSSR count). The SMILES string of the molecule is CN(C)CCOc1cccc(CN=C(N)N2CCN(c3ccc(F)cc3)CC2)c1. The van der Waals surface area contributed by atoms with Crippen molar-refractivity contribution in [3.8, 4) is 5.75 Å². The Bertz CT molecular complexity index is 801. The zero-order valence-corrected chi connectivity index (χ0v) is 17.2. The smallest absolute Gasteiger partial charge is 0.191 e. The average Bonchev–Trinajstić information content (AvgIpc) is 2.73. The first-order chi connectivity index (χ1) is 14.0. The molecule has 0 aliphatic carbocycles. The Morgan fingerprint density at radius 1 is 1.10 bits per heavy atom. The van der Waals surface area contributed by atoms with Crippen LogP contribution in [0.2, 0.25) is 0 Å². The van der Waals surface area contributed by atoms with Crippen molar-refractivity contribution in [3.05, 3.63) is 59.9 Å². The quantitative estimate of drug-likeness (QED) is 0.572. The van der Waals surface area contributed by atoms with Gasteiger partial charge < -0.3 is 25.2 Å². The zero-order valence-electron chi connectivity index (χ0n) is 17.2. The fourth-order valence-electron chi connectivity index (χ4n) is 3.20. The Kier molecular flexibility index (Phi) is 7.30. The number of nitrogens with two attached hydrogens (primary N) is 1. The number of ether oxygens (including phenoxy) is 1. The highest BCUT2D eigenvalue weighted by molar-refractivity contribution is 5.78. The van der Waals surface area contributed by atoms with Gasteiger partial charge in [-0.2, -0.15) is 0 Å². The van der Waals surface area contributed by atoms with E-state index in [0.717, 1.165) is 49.7 Å². The summed E-state index contributed by atoms with van der Waals surface area (Å²) >= 11 is 0. The molecule has 0 radical (unpaired) electrons. The number of rotatable bonds is 7. The van der Waals surface area contributed by atoms with E-state index in [9.17, 15) is 4.39 Å². The molecule has 29 heavy (non-hydrogen) atoms. The number of hydrogen-bond donors (Lipinski definition) is 1. The highest BCUT2D eigenvalue weighted by Crippen LogP contribution is 2.17. The lowest BCUT2D eigenvalue weighted by atomic mass is 10.2. The van der Waals surface area contributed by atoms with Gasteiger partial charge >= 0.3 is 0 Å². The van der Waals surface area contributed by atoms with E-state index in [1.165, 1.54) is 12.1 Å². The van der Waals surface area contributed by atoms with E-state index >= 15 is 0 Å². The standard InChI is InChI=1S/C22H30FN5O/c1-26(2)14-15-29-21-5-3-4-18(16-21)17-25-22(24)28-12-10-27(11-13-28)20-8-6-19(23)7-9-20/h3-9,16H,10-15,17H2,1-2H3,(H2,24,25). The molecule has 2 aromatic carbocycles. The zero-order chi connectivity index (χ0) is 20.6. The van der Waals surface area contributed by atoms with Crippen molar-refractivity contribution in [2.45, 2.75) is 6.54 Å². The lowest BCUT2D eigenvalue weighted by molar-refractivity contribution is 0.261. The van der Waals surface area contributed by atoms with Crippen molar-refractivity contribution in [3.63, 3.8) is 0 Å². The molecule has 156 valence electrons. The number of aliphatic imine (C=N–C) groups is 1. The molecule has 1 aliphatic heterocycles.